The molecule has 0 saturated heterocycles. The van der Waals surface area contributed by atoms with Crippen LogP contribution in [0.1, 0.15) is 44.4 Å². The Morgan fingerprint density at radius 3 is 2.95 bits per heavy atom. The van der Waals surface area contributed by atoms with Crippen LogP contribution in [0, 0.1) is 0 Å². The molecule has 0 fully saturated rings. The van der Waals surface area contributed by atoms with E-state index in [0.717, 1.165) is 36.4 Å². The van der Waals surface area contributed by atoms with Gasteiger partial charge in [0.2, 0.25) is 0 Å². The number of hydrogen-bond acceptors (Lipinski definition) is 4. The fourth-order valence-corrected chi connectivity index (χ4v) is 2.52. The Hall–Kier alpha value is -1.26. The molecule has 112 valence electrons. The Morgan fingerprint density at radius 1 is 1.45 bits per heavy atom. The summed E-state index contributed by atoms with van der Waals surface area (Å²) < 4.78 is 11.5. The van der Waals surface area contributed by atoms with Crippen LogP contribution in [0.15, 0.2) is 12.1 Å². The van der Waals surface area contributed by atoms with Crippen molar-refractivity contribution in [2.75, 3.05) is 19.7 Å². The molecular weight excluding hydrogens is 254 g/mol. The predicted octanol–water partition coefficient (Wildman–Crippen LogP) is 2.44. The van der Waals surface area contributed by atoms with Crippen LogP contribution in [-0.2, 0) is 6.42 Å². The number of aliphatic hydroxyl groups is 1. The summed E-state index contributed by atoms with van der Waals surface area (Å²) in [5.41, 5.74) is 1.97. The molecule has 2 N–H and O–H groups in total. The Morgan fingerprint density at radius 2 is 2.25 bits per heavy atom. The number of fused-ring (bicyclic) bond motifs is 1. The largest absolute Gasteiger partial charge is 0.493 e. The van der Waals surface area contributed by atoms with E-state index in [1.807, 2.05) is 19.1 Å². The summed E-state index contributed by atoms with van der Waals surface area (Å²) in [6.45, 7) is 8.14. The summed E-state index contributed by atoms with van der Waals surface area (Å²) in [6.07, 6.45) is 1.58. The fourth-order valence-electron chi connectivity index (χ4n) is 2.52. The van der Waals surface area contributed by atoms with Gasteiger partial charge in [0, 0.05) is 24.1 Å². The van der Waals surface area contributed by atoms with Crippen molar-refractivity contribution < 1.29 is 14.6 Å². The van der Waals surface area contributed by atoms with Crippen LogP contribution in [0.4, 0.5) is 0 Å². The van der Waals surface area contributed by atoms with Crippen LogP contribution in [-0.4, -0.2) is 30.9 Å². The molecule has 20 heavy (non-hydrogen) atoms. The van der Waals surface area contributed by atoms with E-state index in [9.17, 15) is 5.11 Å². The summed E-state index contributed by atoms with van der Waals surface area (Å²) in [7, 11) is 0. The maximum Gasteiger partial charge on any atom is 0.125 e. The van der Waals surface area contributed by atoms with Gasteiger partial charge in [-0.25, -0.2) is 0 Å². The lowest BCUT2D eigenvalue weighted by Crippen LogP contribution is -2.22. The normalized spacial score (nSPS) is 18.5. The van der Waals surface area contributed by atoms with E-state index in [-0.39, 0.29) is 6.10 Å². The smallest absolute Gasteiger partial charge is 0.125 e. The Balaban J connectivity index is 2.19. The zero-order valence-electron chi connectivity index (χ0n) is 12.6. The van der Waals surface area contributed by atoms with E-state index >= 15 is 0 Å². The number of aliphatic hydroxyl groups excluding tert-OH is 1. The summed E-state index contributed by atoms with van der Waals surface area (Å²) >= 11 is 0. The second-order valence-electron chi connectivity index (χ2n) is 5.28. The Kier molecular flexibility index (Phi) is 5.26. The zero-order chi connectivity index (χ0) is 14.5. The Labute approximate surface area is 121 Å². The van der Waals surface area contributed by atoms with Gasteiger partial charge in [-0.2, -0.15) is 0 Å². The van der Waals surface area contributed by atoms with Gasteiger partial charge >= 0.3 is 0 Å². The van der Waals surface area contributed by atoms with Gasteiger partial charge in [-0.15, -0.1) is 0 Å². The Bertz CT molecular complexity index is 448. The van der Waals surface area contributed by atoms with Crippen molar-refractivity contribution in [2.45, 2.75) is 45.8 Å². The highest BCUT2D eigenvalue weighted by atomic mass is 16.5. The topological polar surface area (TPSA) is 50.7 Å². The van der Waals surface area contributed by atoms with Gasteiger partial charge in [-0.05, 0) is 38.9 Å². The molecule has 2 atom stereocenters. The SMILES string of the molecule is CCCNCC(O)c1cc2c(cc1OCC)CC(C)O2. The van der Waals surface area contributed by atoms with Gasteiger partial charge in [0.1, 0.15) is 17.6 Å². The molecule has 0 aliphatic carbocycles. The van der Waals surface area contributed by atoms with E-state index < -0.39 is 6.10 Å². The van der Waals surface area contributed by atoms with Gasteiger partial charge in [-0.3, -0.25) is 0 Å². The third-order valence-electron chi connectivity index (χ3n) is 3.45. The van der Waals surface area contributed by atoms with Gasteiger partial charge in [0.25, 0.3) is 0 Å². The first-order chi connectivity index (χ1) is 9.65. The van der Waals surface area contributed by atoms with Crippen LogP contribution < -0.4 is 14.8 Å². The van der Waals surface area contributed by atoms with E-state index in [1.54, 1.807) is 0 Å². The second kappa shape index (κ2) is 6.95. The maximum atomic E-state index is 10.4. The van der Waals surface area contributed by atoms with Crippen molar-refractivity contribution in [3.63, 3.8) is 0 Å². The van der Waals surface area contributed by atoms with E-state index in [1.165, 1.54) is 5.56 Å². The molecule has 0 amide bonds. The van der Waals surface area contributed by atoms with Crippen molar-refractivity contribution in [3.8, 4) is 11.5 Å². The summed E-state index contributed by atoms with van der Waals surface area (Å²) in [4.78, 5) is 0. The first kappa shape index (κ1) is 15.1. The van der Waals surface area contributed by atoms with Crippen molar-refractivity contribution in [2.24, 2.45) is 0 Å². The lowest BCUT2D eigenvalue weighted by atomic mass is 10.0. The van der Waals surface area contributed by atoms with E-state index in [2.05, 4.69) is 19.2 Å². The molecule has 0 radical (unpaired) electrons. The molecule has 1 aliphatic heterocycles. The van der Waals surface area contributed by atoms with Crippen LogP contribution in [0.3, 0.4) is 0 Å². The average Bonchev–Trinajstić information content (AvgIpc) is 2.77. The highest BCUT2D eigenvalue weighted by molar-refractivity contribution is 5.49. The number of hydrogen-bond donors (Lipinski definition) is 2. The average molecular weight is 279 g/mol. The predicted molar refractivity (Wildman–Crippen MR) is 79.5 cm³/mol. The molecule has 1 aromatic carbocycles. The van der Waals surface area contributed by atoms with Crippen LogP contribution in [0.25, 0.3) is 0 Å². The molecule has 0 aromatic heterocycles. The number of nitrogens with one attached hydrogen (secondary N) is 1. The molecule has 1 aliphatic rings. The van der Waals surface area contributed by atoms with E-state index in [0.29, 0.717) is 13.2 Å². The second-order valence-corrected chi connectivity index (χ2v) is 5.28. The molecule has 0 saturated carbocycles. The molecule has 1 aromatic rings. The third-order valence-corrected chi connectivity index (χ3v) is 3.45. The third kappa shape index (κ3) is 3.44. The van der Waals surface area contributed by atoms with Crippen LogP contribution in [0.2, 0.25) is 0 Å². The molecule has 4 nitrogen and oxygen atoms in total. The first-order valence-electron chi connectivity index (χ1n) is 7.50. The van der Waals surface area contributed by atoms with E-state index in [4.69, 9.17) is 9.47 Å². The monoisotopic (exact) mass is 279 g/mol. The lowest BCUT2D eigenvalue weighted by Gasteiger charge is -2.17. The molecule has 2 unspecified atom stereocenters. The summed E-state index contributed by atoms with van der Waals surface area (Å²) in [6, 6.07) is 3.95. The molecule has 4 heteroatoms. The minimum Gasteiger partial charge on any atom is -0.493 e. The zero-order valence-corrected chi connectivity index (χ0v) is 12.6. The maximum absolute atomic E-state index is 10.4. The highest BCUT2D eigenvalue weighted by Crippen LogP contribution is 2.37. The first-order valence-corrected chi connectivity index (χ1v) is 7.50. The van der Waals surface area contributed by atoms with Crippen LogP contribution >= 0.6 is 0 Å². The van der Waals surface area contributed by atoms with Crippen molar-refractivity contribution in [1.82, 2.24) is 5.32 Å². The molecule has 0 bridgehead atoms. The number of rotatable bonds is 7. The van der Waals surface area contributed by atoms with Gasteiger partial charge in [-0.1, -0.05) is 6.92 Å². The summed E-state index contributed by atoms with van der Waals surface area (Å²) in [5, 5.41) is 13.6. The summed E-state index contributed by atoms with van der Waals surface area (Å²) in [5.74, 6) is 1.65. The standard InChI is InChI=1S/C16H25NO3/c1-4-6-17-10-14(18)13-9-15-12(7-11(3)20-15)8-16(13)19-5-2/h8-9,11,14,17-18H,4-7,10H2,1-3H3. The van der Waals surface area contributed by atoms with Gasteiger partial charge < -0.3 is 19.9 Å². The van der Waals surface area contributed by atoms with Crippen molar-refractivity contribution >= 4 is 0 Å². The minimum atomic E-state index is -0.576. The van der Waals surface area contributed by atoms with Crippen molar-refractivity contribution in [3.05, 3.63) is 23.3 Å². The molecule has 0 spiro atoms. The molecule has 1 heterocycles. The quantitative estimate of drug-likeness (QED) is 0.753. The fraction of sp³-hybridized carbons (Fsp3) is 0.625. The van der Waals surface area contributed by atoms with Crippen LogP contribution in [0.5, 0.6) is 11.5 Å². The van der Waals surface area contributed by atoms with Crippen molar-refractivity contribution in [1.29, 1.82) is 0 Å². The molecule has 2 rings (SSSR count). The molecular formula is C16H25NO3. The number of benzene rings is 1. The highest BCUT2D eigenvalue weighted by Gasteiger charge is 2.24. The minimum absolute atomic E-state index is 0.199. The lowest BCUT2D eigenvalue weighted by molar-refractivity contribution is 0.168. The number of ether oxygens (including phenoxy) is 2. The van der Waals surface area contributed by atoms with Gasteiger partial charge in [0.05, 0.1) is 12.7 Å². The van der Waals surface area contributed by atoms with Gasteiger partial charge in [0.15, 0.2) is 0 Å².